The molecule has 2 aromatic carbocycles. The molecule has 0 spiro atoms. The molecule has 2 unspecified atom stereocenters. The first-order valence-corrected chi connectivity index (χ1v) is 13.4. The Morgan fingerprint density at radius 2 is 1.64 bits per heavy atom. The Morgan fingerprint density at radius 1 is 1.03 bits per heavy atom. The molecule has 0 fully saturated rings. The van der Waals surface area contributed by atoms with Crippen LogP contribution in [-0.4, -0.2) is 64.4 Å². The zero-order chi connectivity index (χ0) is 29.2. The minimum atomic E-state index is -1.10. The lowest BCUT2D eigenvalue weighted by atomic mass is 9.97. The fraction of sp³-hybridized carbons (Fsp3) is 0.500. The third kappa shape index (κ3) is 10.2. The highest BCUT2D eigenvalue weighted by Gasteiger charge is 2.36. The van der Waals surface area contributed by atoms with Crippen molar-refractivity contribution in [2.45, 2.75) is 78.5 Å². The van der Waals surface area contributed by atoms with Gasteiger partial charge < -0.3 is 30.5 Å². The number of nitrogens with one attached hydrogen (secondary N) is 2. The number of hydrogen-bond donors (Lipinski definition) is 4. The molecule has 2 rings (SSSR count). The number of aromatic hydroxyl groups is 1. The lowest BCUT2D eigenvalue weighted by Gasteiger charge is -2.34. The molecule has 39 heavy (non-hydrogen) atoms. The van der Waals surface area contributed by atoms with E-state index in [0.717, 1.165) is 24.0 Å². The van der Waals surface area contributed by atoms with Crippen LogP contribution in [0.5, 0.6) is 5.75 Å². The number of unbranched alkanes of at least 4 members (excludes halogenated alkanes) is 1. The number of nitrogens with zero attached hydrogens (tertiary/aromatic N) is 1. The molecule has 9 heteroatoms. The molecule has 0 aromatic heterocycles. The van der Waals surface area contributed by atoms with Crippen molar-refractivity contribution in [1.29, 1.82) is 0 Å². The van der Waals surface area contributed by atoms with Crippen LogP contribution in [0.15, 0.2) is 42.5 Å². The third-order valence-corrected chi connectivity index (χ3v) is 5.94. The molecule has 0 saturated carbocycles. The number of aliphatic hydroxyl groups excluding tert-OH is 1. The largest absolute Gasteiger partial charge is 0.508 e. The van der Waals surface area contributed by atoms with Crippen LogP contribution < -0.4 is 10.6 Å². The van der Waals surface area contributed by atoms with Gasteiger partial charge in [0.2, 0.25) is 11.8 Å². The van der Waals surface area contributed by atoms with Crippen molar-refractivity contribution in [3.63, 3.8) is 0 Å². The number of alkyl carbamates (subject to hydrolysis) is 1. The second-order valence-electron chi connectivity index (χ2n) is 10.8. The van der Waals surface area contributed by atoms with Crippen LogP contribution in [0.3, 0.4) is 0 Å². The molecule has 3 amide bonds. The van der Waals surface area contributed by atoms with E-state index in [0.29, 0.717) is 17.7 Å². The minimum absolute atomic E-state index is 0.0715. The van der Waals surface area contributed by atoms with Crippen LogP contribution in [0.4, 0.5) is 4.79 Å². The average Bonchev–Trinajstić information content (AvgIpc) is 2.82. The van der Waals surface area contributed by atoms with Crippen molar-refractivity contribution in [1.82, 2.24) is 15.5 Å². The highest BCUT2D eigenvalue weighted by Crippen LogP contribution is 2.25. The fourth-order valence-corrected chi connectivity index (χ4v) is 4.32. The zero-order valence-electron chi connectivity index (χ0n) is 23.9. The van der Waals surface area contributed by atoms with E-state index in [-0.39, 0.29) is 31.2 Å². The van der Waals surface area contributed by atoms with Crippen LogP contribution in [0, 0.1) is 13.8 Å². The number of carbonyl (C=O) groups is 3. The summed E-state index contributed by atoms with van der Waals surface area (Å²) in [5.74, 6) is -0.837. The van der Waals surface area contributed by atoms with Crippen molar-refractivity contribution in [2.75, 3.05) is 19.7 Å². The topological polar surface area (TPSA) is 128 Å². The summed E-state index contributed by atoms with van der Waals surface area (Å²) in [6, 6.07) is 9.85. The average molecular weight is 542 g/mol. The Labute approximate surface area is 231 Å². The second-order valence-corrected chi connectivity index (χ2v) is 10.8. The monoisotopic (exact) mass is 541 g/mol. The van der Waals surface area contributed by atoms with E-state index in [2.05, 4.69) is 10.6 Å². The lowest BCUT2D eigenvalue weighted by molar-refractivity contribution is -0.143. The van der Waals surface area contributed by atoms with Gasteiger partial charge in [0.05, 0.1) is 6.61 Å². The van der Waals surface area contributed by atoms with E-state index in [9.17, 15) is 24.6 Å². The number of ether oxygens (including phenoxy) is 1. The van der Waals surface area contributed by atoms with Gasteiger partial charge in [0, 0.05) is 19.5 Å². The highest BCUT2D eigenvalue weighted by molar-refractivity contribution is 5.92. The number of amides is 3. The summed E-state index contributed by atoms with van der Waals surface area (Å²) in [5.41, 5.74) is 2.37. The van der Waals surface area contributed by atoms with Gasteiger partial charge in [-0.25, -0.2) is 4.79 Å². The maximum atomic E-state index is 14.1. The first-order chi connectivity index (χ1) is 18.3. The summed E-state index contributed by atoms with van der Waals surface area (Å²) in [6.45, 7) is 11.0. The standard InChI is InChI=1S/C30H43N3O6/c1-7-8-13-31-27(36)26(23-17-20(2)16-21(3)18-23)33(14-15-34)28(37)25(32-29(38)39-30(4,5)6)19-22-9-11-24(35)12-10-22/h9-12,16-18,25-26,34-35H,7-8,13-15,19H2,1-6H3,(H,31,36)(H,32,38). The Balaban J connectivity index is 2.53. The number of rotatable bonds is 12. The SMILES string of the molecule is CCCCNC(=O)C(c1cc(C)cc(C)c1)N(CCO)C(=O)C(Cc1ccc(O)cc1)NC(=O)OC(C)(C)C. The normalized spacial score (nSPS) is 12.8. The molecule has 4 N–H and O–H groups in total. The zero-order valence-corrected chi connectivity index (χ0v) is 23.9. The highest BCUT2D eigenvalue weighted by atomic mass is 16.6. The van der Waals surface area contributed by atoms with E-state index in [1.54, 1.807) is 32.9 Å². The van der Waals surface area contributed by atoms with Gasteiger partial charge in [-0.2, -0.15) is 0 Å². The summed E-state index contributed by atoms with van der Waals surface area (Å²) >= 11 is 0. The molecule has 0 saturated heterocycles. The van der Waals surface area contributed by atoms with E-state index in [1.807, 2.05) is 39.0 Å². The third-order valence-electron chi connectivity index (χ3n) is 5.94. The predicted molar refractivity (Wildman–Crippen MR) is 150 cm³/mol. The summed E-state index contributed by atoms with van der Waals surface area (Å²) in [6.07, 6.45) is 0.974. The molecule has 0 aliphatic heterocycles. The molecule has 0 aliphatic carbocycles. The molecular formula is C30H43N3O6. The van der Waals surface area contributed by atoms with E-state index in [4.69, 9.17) is 4.74 Å². The first-order valence-electron chi connectivity index (χ1n) is 13.4. The van der Waals surface area contributed by atoms with Gasteiger partial charge in [0.25, 0.3) is 0 Å². The number of phenols is 1. The van der Waals surface area contributed by atoms with Gasteiger partial charge in [-0.05, 0) is 64.3 Å². The van der Waals surface area contributed by atoms with E-state index < -0.39 is 29.7 Å². The minimum Gasteiger partial charge on any atom is -0.508 e. The quantitative estimate of drug-likeness (QED) is 0.302. The number of carbonyl (C=O) groups excluding carboxylic acids is 3. The molecule has 0 radical (unpaired) electrons. The number of benzene rings is 2. The molecule has 2 atom stereocenters. The van der Waals surface area contributed by atoms with Gasteiger partial charge in [-0.1, -0.05) is 54.8 Å². The molecule has 0 bridgehead atoms. The fourth-order valence-electron chi connectivity index (χ4n) is 4.32. The van der Waals surface area contributed by atoms with Gasteiger partial charge in [0.15, 0.2) is 0 Å². The summed E-state index contributed by atoms with van der Waals surface area (Å²) in [4.78, 5) is 41.8. The van der Waals surface area contributed by atoms with Crippen LogP contribution in [0.2, 0.25) is 0 Å². The van der Waals surface area contributed by atoms with E-state index >= 15 is 0 Å². The molecule has 0 heterocycles. The maximum Gasteiger partial charge on any atom is 0.408 e. The van der Waals surface area contributed by atoms with Gasteiger partial charge in [-0.15, -0.1) is 0 Å². The summed E-state index contributed by atoms with van der Waals surface area (Å²) < 4.78 is 5.41. The van der Waals surface area contributed by atoms with Crippen LogP contribution >= 0.6 is 0 Å². The smallest absolute Gasteiger partial charge is 0.408 e. The molecule has 214 valence electrons. The van der Waals surface area contributed by atoms with Crippen LogP contribution in [-0.2, 0) is 20.7 Å². The van der Waals surface area contributed by atoms with Crippen molar-refractivity contribution < 1.29 is 29.3 Å². The Hall–Kier alpha value is -3.59. The van der Waals surface area contributed by atoms with Crippen molar-refractivity contribution >= 4 is 17.9 Å². The Bertz CT molecular complexity index is 1090. The van der Waals surface area contributed by atoms with Crippen LogP contribution in [0.1, 0.15) is 68.8 Å². The molecule has 0 aliphatic rings. The van der Waals surface area contributed by atoms with Gasteiger partial charge in [0.1, 0.15) is 23.4 Å². The van der Waals surface area contributed by atoms with Gasteiger partial charge in [-0.3, -0.25) is 9.59 Å². The maximum absolute atomic E-state index is 14.1. The van der Waals surface area contributed by atoms with Crippen molar-refractivity contribution in [2.24, 2.45) is 0 Å². The molecule has 9 nitrogen and oxygen atoms in total. The summed E-state index contributed by atoms with van der Waals surface area (Å²) in [5, 5.41) is 25.2. The first kappa shape index (κ1) is 31.6. The predicted octanol–water partition coefficient (Wildman–Crippen LogP) is 3.92. The lowest BCUT2D eigenvalue weighted by Crippen LogP contribution is -2.54. The van der Waals surface area contributed by atoms with Crippen molar-refractivity contribution in [3.8, 4) is 5.75 Å². The Morgan fingerprint density at radius 3 is 2.18 bits per heavy atom. The molecular weight excluding hydrogens is 498 g/mol. The Kier molecular flexibility index (Phi) is 11.8. The number of aliphatic hydroxyl groups is 1. The van der Waals surface area contributed by atoms with Crippen molar-refractivity contribution in [3.05, 3.63) is 64.7 Å². The summed E-state index contributed by atoms with van der Waals surface area (Å²) in [7, 11) is 0. The number of aryl methyl sites for hydroxylation is 2. The number of hydrogen-bond acceptors (Lipinski definition) is 6. The molecule has 2 aromatic rings. The number of phenolic OH excluding ortho intramolecular Hbond substituents is 1. The second kappa shape index (κ2) is 14.5. The van der Waals surface area contributed by atoms with Gasteiger partial charge >= 0.3 is 6.09 Å². The van der Waals surface area contributed by atoms with Crippen LogP contribution in [0.25, 0.3) is 0 Å². The van der Waals surface area contributed by atoms with E-state index in [1.165, 1.54) is 17.0 Å².